The molecule has 0 spiro atoms. The molecule has 0 bridgehead atoms. The Bertz CT molecular complexity index is 446. The molecular formula is C18H30N4O. The molecule has 1 aliphatic rings. The Kier molecular flexibility index (Phi) is 8.33. The highest BCUT2D eigenvalue weighted by Gasteiger charge is 2.20. The van der Waals surface area contributed by atoms with Crippen molar-refractivity contribution in [3.63, 3.8) is 0 Å². The van der Waals surface area contributed by atoms with E-state index in [-0.39, 0.29) is 0 Å². The summed E-state index contributed by atoms with van der Waals surface area (Å²) in [4.78, 5) is 4.23. The second-order valence-corrected chi connectivity index (χ2v) is 5.94. The van der Waals surface area contributed by atoms with Crippen LogP contribution in [0, 0.1) is 5.92 Å². The first kappa shape index (κ1) is 17.6. The van der Waals surface area contributed by atoms with Gasteiger partial charge >= 0.3 is 0 Å². The molecule has 5 nitrogen and oxygen atoms in total. The second-order valence-electron chi connectivity index (χ2n) is 5.94. The van der Waals surface area contributed by atoms with E-state index >= 15 is 0 Å². The Morgan fingerprint density at radius 2 is 1.83 bits per heavy atom. The lowest BCUT2D eigenvalue weighted by Gasteiger charge is -2.12. The molecule has 0 radical (unpaired) electrons. The molecule has 1 fully saturated rings. The van der Waals surface area contributed by atoms with E-state index in [1.54, 1.807) is 7.05 Å². The molecule has 0 amide bonds. The number of nitrogens with one attached hydrogen (secondary N) is 3. The van der Waals surface area contributed by atoms with Crippen LogP contribution in [-0.2, 0) is 4.74 Å². The Morgan fingerprint density at radius 1 is 1.09 bits per heavy atom. The monoisotopic (exact) mass is 318 g/mol. The zero-order valence-corrected chi connectivity index (χ0v) is 14.2. The molecule has 2 rings (SSSR count). The van der Waals surface area contributed by atoms with Gasteiger partial charge in [-0.15, -0.1) is 0 Å². The highest BCUT2D eigenvalue weighted by Crippen LogP contribution is 2.28. The van der Waals surface area contributed by atoms with Crippen molar-refractivity contribution in [1.29, 1.82) is 0 Å². The lowest BCUT2D eigenvalue weighted by molar-refractivity contribution is 0.123. The number of ether oxygens (including phenoxy) is 1. The minimum absolute atomic E-state index is 0.835. The van der Waals surface area contributed by atoms with Gasteiger partial charge in [0.15, 0.2) is 5.96 Å². The SMILES string of the molecule is CN=C(NCCCNc1ccccc1)NCCCOCC1CC1. The van der Waals surface area contributed by atoms with Crippen LogP contribution < -0.4 is 16.0 Å². The molecule has 0 aromatic heterocycles. The van der Waals surface area contributed by atoms with Gasteiger partial charge in [0.2, 0.25) is 0 Å². The third-order valence-corrected chi connectivity index (χ3v) is 3.78. The van der Waals surface area contributed by atoms with Crippen LogP contribution in [0.1, 0.15) is 25.7 Å². The van der Waals surface area contributed by atoms with Gasteiger partial charge in [0.05, 0.1) is 0 Å². The van der Waals surface area contributed by atoms with Gasteiger partial charge in [-0.1, -0.05) is 18.2 Å². The Labute approximate surface area is 139 Å². The standard InChI is InChI=1S/C18H30N4O/c1-19-18(22-13-6-14-23-15-16-9-10-16)21-12-5-11-20-17-7-3-2-4-8-17/h2-4,7-8,16,20H,5-6,9-15H2,1H3,(H2,19,21,22). The molecule has 5 heteroatoms. The smallest absolute Gasteiger partial charge is 0.190 e. The molecular weight excluding hydrogens is 288 g/mol. The summed E-state index contributed by atoms with van der Waals surface area (Å²) in [5.41, 5.74) is 1.17. The molecule has 0 saturated heterocycles. The van der Waals surface area contributed by atoms with Crippen molar-refractivity contribution in [2.75, 3.05) is 45.2 Å². The predicted octanol–water partition coefficient (Wildman–Crippen LogP) is 2.47. The summed E-state index contributed by atoms with van der Waals surface area (Å²) in [6, 6.07) is 10.3. The molecule has 0 unspecified atom stereocenters. The van der Waals surface area contributed by atoms with Crippen LogP contribution in [-0.4, -0.2) is 45.9 Å². The zero-order chi connectivity index (χ0) is 16.2. The number of nitrogens with zero attached hydrogens (tertiary/aromatic N) is 1. The first-order chi connectivity index (χ1) is 11.4. The Morgan fingerprint density at radius 3 is 2.52 bits per heavy atom. The fraction of sp³-hybridized carbons (Fsp3) is 0.611. The summed E-state index contributed by atoms with van der Waals surface area (Å²) in [7, 11) is 1.81. The minimum Gasteiger partial charge on any atom is -0.385 e. The van der Waals surface area contributed by atoms with Crippen molar-refractivity contribution in [2.45, 2.75) is 25.7 Å². The van der Waals surface area contributed by atoms with Crippen LogP contribution in [0.2, 0.25) is 0 Å². The highest BCUT2D eigenvalue weighted by atomic mass is 16.5. The summed E-state index contributed by atoms with van der Waals surface area (Å²) >= 11 is 0. The average molecular weight is 318 g/mol. The lowest BCUT2D eigenvalue weighted by atomic mass is 10.3. The van der Waals surface area contributed by atoms with E-state index in [0.717, 1.165) is 57.6 Å². The normalized spacial score (nSPS) is 14.6. The fourth-order valence-corrected chi connectivity index (χ4v) is 2.22. The Balaban J connectivity index is 1.42. The van der Waals surface area contributed by atoms with Crippen LogP contribution in [0.25, 0.3) is 0 Å². The number of hydrogen-bond acceptors (Lipinski definition) is 3. The molecule has 1 aromatic carbocycles. The molecule has 3 N–H and O–H groups in total. The summed E-state index contributed by atoms with van der Waals surface area (Å²) in [6.45, 7) is 4.52. The number of anilines is 1. The third-order valence-electron chi connectivity index (χ3n) is 3.78. The van der Waals surface area contributed by atoms with Gasteiger partial charge in [0.25, 0.3) is 0 Å². The van der Waals surface area contributed by atoms with E-state index in [9.17, 15) is 0 Å². The second kappa shape index (κ2) is 10.9. The molecule has 128 valence electrons. The van der Waals surface area contributed by atoms with E-state index < -0.39 is 0 Å². The predicted molar refractivity (Wildman–Crippen MR) is 97.1 cm³/mol. The first-order valence-electron chi connectivity index (χ1n) is 8.69. The van der Waals surface area contributed by atoms with Crippen LogP contribution >= 0.6 is 0 Å². The minimum atomic E-state index is 0.835. The van der Waals surface area contributed by atoms with Gasteiger partial charge in [-0.3, -0.25) is 4.99 Å². The van der Waals surface area contributed by atoms with Crippen LogP contribution in [0.5, 0.6) is 0 Å². The van der Waals surface area contributed by atoms with Gasteiger partial charge in [0, 0.05) is 45.6 Å². The lowest BCUT2D eigenvalue weighted by Crippen LogP contribution is -2.38. The summed E-state index contributed by atoms with van der Waals surface area (Å²) < 4.78 is 5.62. The van der Waals surface area contributed by atoms with E-state index in [0.29, 0.717) is 0 Å². The maximum absolute atomic E-state index is 5.62. The van der Waals surface area contributed by atoms with E-state index in [1.165, 1.54) is 18.5 Å². The van der Waals surface area contributed by atoms with Crippen molar-refractivity contribution in [2.24, 2.45) is 10.9 Å². The van der Waals surface area contributed by atoms with E-state index in [2.05, 4.69) is 33.1 Å². The summed E-state index contributed by atoms with van der Waals surface area (Å²) in [5.74, 6) is 1.72. The van der Waals surface area contributed by atoms with Crippen molar-refractivity contribution in [3.8, 4) is 0 Å². The maximum Gasteiger partial charge on any atom is 0.190 e. The van der Waals surface area contributed by atoms with Crippen LogP contribution in [0.15, 0.2) is 35.3 Å². The number of hydrogen-bond donors (Lipinski definition) is 3. The molecule has 1 aliphatic carbocycles. The van der Waals surface area contributed by atoms with Crippen molar-refractivity contribution < 1.29 is 4.74 Å². The molecule has 0 atom stereocenters. The molecule has 0 heterocycles. The van der Waals surface area contributed by atoms with Crippen LogP contribution in [0.3, 0.4) is 0 Å². The van der Waals surface area contributed by atoms with Gasteiger partial charge in [-0.05, 0) is 43.7 Å². The molecule has 1 saturated carbocycles. The quantitative estimate of drug-likeness (QED) is 0.333. The van der Waals surface area contributed by atoms with Crippen molar-refractivity contribution in [3.05, 3.63) is 30.3 Å². The Hall–Kier alpha value is -1.75. The molecule has 1 aromatic rings. The highest BCUT2D eigenvalue weighted by molar-refractivity contribution is 5.79. The average Bonchev–Trinajstić information content (AvgIpc) is 3.41. The van der Waals surface area contributed by atoms with E-state index in [1.807, 2.05) is 18.2 Å². The third kappa shape index (κ3) is 8.45. The van der Waals surface area contributed by atoms with Crippen molar-refractivity contribution >= 4 is 11.6 Å². The van der Waals surface area contributed by atoms with Crippen LogP contribution in [0.4, 0.5) is 5.69 Å². The van der Waals surface area contributed by atoms with Gasteiger partial charge < -0.3 is 20.7 Å². The number of para-hydroxylation sites is 1. The fourth-order valence-electron chi connectivity index (χ4n) is 2.22. The van der Waals surface area contributed by atoms with Gasteiger partial charge in [-0.2, -0.15) is 0 Å². The maximum atomic E-state index is 5.62. The number of aliphatic imine (C=N–C) groups is 1. The van der Waals surface area contributed by atoms with Gasteiger partial charge in [0.1, 0.15) is 0 Å². The summed E-state index contributed by atoms with van der Waals surface area (Å²) in [5, 5.41) is 10.1. The topological polar surface area (TPSA) is 57.7 Å². The van der Waals surface area contributed by atoms with E-state index in [4.69, 9.17) is 4.74 Å². The number of benzene rings is 1. The van der Waals surface area contributed by atoms with Crippen molar-refractivity contribution in [1.82, 2.24) is 10.6 Å². The number of rotatable bonds is 11. The largest absolute Gasteiger partial charge is 0.385 e. The molecule has 23 heavy (non-hydrogen) atoms. The summed E-state index contributed by atoms with van der Waals surface area (Å²) in [6.07, 6.45) is 4.77. The van der Waals surface area contributed by atoms with Gasteiger partial charge in [-0.25, -0.2) is 0 Å². The number of guanidine groups is 1. The molecule has 0 aliphatic heterocycles. The zero-order valence-electron chi connectivity index (χ0n) is 14.2. The first-order valence-corrected chi connectivity index (χ1v) is 8.69.